The maximum absolute atomic E-state index is 5.12. The first-order chi connectivity index (χ1) is 21.3. The summed E-state index contributed by atoms with van der Waals surface area (Å²) in [5, 5.41) is 7.55. The second kappa shape index (κ2) is 10.5. The molecule has 43 heavy (non-hydrogen) atoms. The van der Waals surface area contributed by atoms with E-state index in [0.717, 1.165) is 17.0 Å². The Morgan fingerprint density at radius 2 is 1.05 bits per heavy atom. The van der Waals surface area contributed by atoms with Crippen LogP contribution >= 0.6 is 0 Å². The Balaban J connectivity index is 1.32. The molecule has 6 aromatic carbocycles. The van der Waals surface area contributed by atoms with Crippen LogP contribution in [0.4, 0.5) is 0 Å². The summed E-state index contributed by atoms with van der Waals surface area (Å²) in [6.45, 7) is 0. The molecule has 0 saturated heterocycles. The summed E-state index contributed by atoms with van der Waals surface area (Å²) in [6, 6.07) is 58.7. The second-order valence-electron chi connectivity index (χ2n) is 11.2. The number of hydrogen-bond acceptors (Lipinski definition) is 3. The topological polar surface area (TPSA) is 36.4 Å². The Hall–Kier alpha value is -5.25. The second-order valence-corrected chi connectivity index (χ2v) is 11.2. The molecule has 1 aliphatic carbocycles. The van der Waals surface area contributed by atoms with E-state index >= 15 is 0 Å². The van der Waals surface area contributed by atoms with Crippen LogP contribution in [-0.4, -0.2) is 5.84 Å². The third-order valence-electron chi connectivity index (χ3n) is 8.84. The van der Waals surface area contributed by atoms with Crippen LogP contribution in [0.3, 0.4) is 0 Å². The highest BCUT2D eigenvalue weighted by molar-refractivity contribution is 5.99. The normalized spacial score (nSPS) is 18.2. The number of nitrogens with one attached hydrogen (secondary N) is 2. The van der Waals surface area contributed by atoms with Crippen molar-refractivity contribution >= 4 is 5.84 Å². The summed E-state index contributed by atoms with van der Waals surface area (Å²) in [4.78, 5) is 5.12. The number of aliphatic imine (C=N–C) groups is 1. The van der Waals surface area contributed by atoms with Crippen LogP contribution in [0, 0.1) is 0 Å². The summed E-state index contributed by atoms with van der Waals surface area (Å²) in [6.07, 6.45) is -0.322. The van der Waals surface area contributed by atoms with Gasteiger partial charge in [0.15, 0.2) is 0 Å². The van der Waals surface area contributed by atoms with Gasteiger partial charge in [-0.15, -0.1) is 0 Å². The highest BCUT2D eigenvalue weighted by Gasteiger charge is 2.46. The van der Waals surface area contributed by atoms with E-state index in [9.17, 15) is 0 Å². The number of benzene rings is 6. The first kappa shape index (κ1) is 25.5. The minimum atomic E-state index is -0.436. The summed E-state index contributed by atoms with van der Waals surface area (Å²) < 4.78 is 0. The molecule has 0 amide bonds. The number of rotatable bonds is 5. The Morgan fingerprint density at radius 1 is 0.488 bits per heavy atom. The molecular formula is C40H31N3. The quantitative estimate of drug-likeness (QED) is 0.225. The molecule has 0 fully saturated rings. The van der Waals surface area contributed by atoms with Crippen LogP contribution < -0.4 is 10.6 Å². The maximum Gasteiger partial charge on any atom is 0.131 e. The van der Waals surface area contributed by atoms with Crippen molar-refractivity contribution < 1.29 is 0 Å². The van der Waals surface area contributed by atoms with Gasteiger partial charge in [0.1, 0.15) is 18.2 Å². The van der Waals surface area contributed by atoms with E-state index in [0.29, 0.717) is 0 Å². The fraction of sp³-hybridized carbons (Fsp3) is 0.0750. The van der Waals surface area contributed by atoms with Crippen LogP contribution in [0.25, 0.3) is 11.1 Å². The predicted octanol–water partition coefficient (Wildman–Crippen LogP) is 8.39. The van der Waals surface area contributed by atoms with Gasteiger partial charge in [-0.3, -0.25) is 5.32 Å². The lowest BCUT2D eigenvalue weighted by Crippen LogP contribution is -2.45. The molecule has 6 aromatic rings. The molecule has 0 saturated carbocycles. The van der Waals surface area contributed by atoms with Crippen LogP contribution in [0.1, 0.15) is 51.3 Å². The van der Waals surface area contributed by atoms with Crippen molar-refractivity contribution in [1.29, 1.82) is 0 Å². The molecule has 2 N–H and O–H groups in total. The molecule has 8 rings (SSSR count). The minimum Gasteiger partial charge on any atom is -0.350 e. The van der Waals surface area contributed by atoms with Crippen molar-refractivity contribution in [3.63, 3.8) is 0 Å². The van der Waals surface area contributed by atoms with E-state index < -0.39 is 5.41 Å². The van der Waals surface area contributed by atoms with Crippen LogP contribution in [0.2, 0.25) is 0 Å². The van der Waals surface area contributed by atoms with Crippen molar-refractivity contribution in [2.24, 2.45) is 4.99 Å². The number of amidine groups is 1. The summed E-state index contributed by atoms with van der Waals surface area (Å²) in [5.74, 6) is 0.888. The third kappa shape index (κ3) is 4.20. The number of fused-ring (bicyclic) bond motifs is 3. The van der Waals surface area contributed by atoms with Gasteiger partial charge in [0.05, 0.1) is 5.41 Å². The summed E-state index contributed by atoms with van der Waals surface area (Å²) >= 11 is 0. The van der Waals surface area contributed by atoms with Crippen molar-refractivity contribution in [3.8, 4) is 11.1 Å². The predicted molar refractivity (Wildman–Crippen MR) is 175 cm³/mol. The van der Waals surface area contributed by atoms with Gasteiger partial charge in [-0.25, -0.2) is 4.99 Å². The Labute approximate surface area is 252 Å². The molecule has 3 nitrogen and oxygen atoms in total. The fourth-order valence-corrected chi connectivity index (χ4v) is 6.92. The van der Waals surface area contributed by atoms with Gasteiger partial charge in [0.2, 0.25) is 0 Å². The molecule has 0 spiro atoms. The zero-order valence-corrected chi connectivity index (χ0v) is 23.7. The Morgan fingerprint density at radius 3 is 1.72 bits per heavy atom. The molecular weight excluding hydrogens is 522 g/mol. The smallest absolute Gasteiger partial charge is 0.131 e. The van der Waals surface area contributed by atoms with Crippen LogP contribution in [0.5, 0.6) is 0 Å². The zero-order valence-electron chi connectivity index (χ0n) is 23.7. The molecule has 2 unspecified atom stereocenters. The van der Waals surface area contributed by atoms with Gasteiger partial charge >= 0.3 is 0 Å². The SMILES string of the molecule is c1ccc(C2=NC(c3ccccc3)NC(c3ccc4c(c3)C(c3ccccc3)(c3ccccc3)c3ccccc3-4)N2)cc1. The van der Waals surface area contributed by atoms with Gasteiger partial charge in [0, 0.05) is 5.56 Å². The van der Waals surface area contributed by atoms with Gasteiger partial charge in [-0.2, -0.15) is 0 Å². The van der Waals surface area contributed by atoms with E-state index in [2.05, 4.69) is 168 Å². The lowest BCUT2D eigenvalue weighted by molar-refractivity contribution is 0.408. The molecule has 2 aliphatic rings. The van der Waals surface area contributed by atoms with Gasteiger partial charge in [0.25, 0.3) is 0 Å². The van der Waals surface area contributed by atoms with E-state index in [1.54, 1.807) is 0 Å². The standard InChI is InChI=1S/C40H31N3/c1-5-15-28(16-6-1)37-41-38(29-17-7-2-8-18-29)43-39(42-37)30-25-26-34-33-23-13-14-24-35(33)40(36(34)27-30,31-19-9-3-10-20-31)32-21-11-4-12-22-32/h1-27,37,39,42H,(H,41,43). The molecule has 1 aliphatic heterocycles. The fourth-order valence-electron chi connectivity index (χ4n) is 6.92. The van der Waals surface area contributed by atoms with E-state index in [1.807, 2.05) is 6.07 Å². The van der Waals surface area contributed by atoms with Crippen molar-refractivity contribution in [3.05, 3.63) is 203 Å². The van der Waals surface area contributed by atoms with Gasteiger partial charge in [-0.1, -0.05) is 164 Å². The first-order valence-electron chi connectivity index (χ1n) is 14.9. The van der Waals surface area contributed by atoms with Crippen molar-refractivity contribution in [2.75, 3.05) is 0 Å². The summed E-state index contributed by atoms with van der Waals surface area (Å²) in [7, 11) is 0. The molecule has 206 valence electrons. The average Bonchev–Trinajstić information content (AvgIpc) is 3.40. The lowest BCUT2D eigenvalue weighted by Gasteiger charge is -2.35. The monoisotopic (exact) mass is 553 g/mol. The van der Waals surface area contributed by atoms with Gasteiger partial charge < -0.3 is 5.32 Å². The molecule has 3 heteroatoms. The minimum absolute atomic E-state index is 0.142. The molecule has 2 atom stereocenters. The van der Waals surface area contributed by atoms with Crippen LogP contribution in [0.15, 0.2) is 169 Å². The average molecular weight is 554 g/mol. The largest absolute Gasteiger partial charge is 0.350 e. The van der Waals surface area contributed by atoms with E-state index in [-0.39, 0.29) is 12.3 Å². The highest BCUT2D eigenvalue weighted by Crippen LogP contribution is 2.56. The lowest BCUT2D eigenvalue weighted by atomic mass is 9.67. The maximum atomic E-state index is 5.12. The van der Waals surface area contributed by atoms with E-state index in [4.69, 9.17) is 4.99 Å². The van der Waals surface area contributed by atoms with Crippen molar-refractivity contribution in [1.82, 2.24) is 10.6 Å². The first-order valence-corrected chi connectivity index (χ1v) is 14.9. The Kier molecular flexibility index (Phi) is 6.24. The zero-order chi connectivity index (χ0) is 28.6. The molecule has 1 heterocycles. The summed E-state index contributed by atoms with van der Waals surface area (Å²) in [5.41, 5.74) is 10.7. The number of nitrogens with zero attached hydrogens (tertiary/aromatic N) is 1. The van der Waals surface area contributed by atoms with Gasteiger partial charge in [-0.05, 0) is 44.5 Å². The molecule has 0 aromatic heterocycles. The molecule has 0 radical (unpaired) electrons. The third-order valence-corrected chi connectivity index (χ3v) is 8.84. The highest BCUT2D eigenvalue weighted by atomic mass is 15.3. The van der Waals surface area contributed by atoms with Crippen LogP contribution in [-0.2, 0) is 5.41 Å². The molecule has 0 bridgehead atoms. The number of hydrogen-bond donors (Lipinski definition) is 2. The van der Waals surface area contributed by atoms with Crippen molar-refractivity contribution in [2.45, 2.75) is 17.7 Å². The van der Waals surface area contributed by atoms with E-state index in [1.165, 1.54) is 38.9 Å². The Bertz CT molecular complexity index is 1880.